The predicted molar refractivity (Wildman–Crippen MR) is 265 cm³/mol. The molecule has 0 bridgehead atoms. The molecule has 0 aliphatic carbocycles. The molecule has 0 radical (unpaired) electrons. The minimum atomic E-state index is -0.252. The maximum absolute atomic E-state index is 7.17. The Labute approximate surface area is 373 Å². The fraction of sp³-hybridized carbons (Fsp3) is 0.293. The van der Waals surface area contributed by atoms with E-state index < -0.39 is 0 Å². The summed E-state index contributed by atoms with van der Waals surface area (Å²) in [6.45, 7) is 28.0. The number of benzene rings is 6. The number of ether oxygens (including phenoxy) is 1. The highest BCUT2D eigenvalue weighted by Gasteiger charge is 2.49. The number of fused-ring (bicyclic) bond motifs is 9. The van der Waals surface area contributed by atoms with Crippen LogP contribution in [-0.2, 0) is 28.7 Å². The van der Waals surface area contributed by atoms with Crippen LogP contribution in [0, 0.1) is 6.92 Å². The fourth-order valence-corrected chi connectivity index (χ4v) is 10.7. The summed E-state index contributed by atoms with van der Waals surface area (Å²) in [5.41, 5.74) is 21.4. The number of aromatic nitrogens is 1. The van der Waals surface area contributed by atoms with E-state index >= 15 is 0 Å². The topological polar surface area (TPSA) is 29.5 Å². The number of nitrogens with zero attached hydrogens (tertiary/aromatic N) is 2. The molecular weight excluding hydrogens is 767 g/mol. The first kappa shape index (κ1) is 39.8. The molecule has 0 saturated carbocycles. The summed E-state index contributed by atoms with van der Waals surface area (Å²) in [4.78, 5) is 2.60. The molecule has 63 heavy (non-hydrogen) atoms. The second-order valence-electron chi connectivity index (χ2n) is 22.2. The van der Waals surface area contributed by atoms with Crippen LogP contribution < -0.4 is 30.6 Å². The van der Waals surface area contributed by atoms with Crippen molar-refractivity contribution in [3.8, 4) is 33.9 Å². The number of aryl methyl sites for hydroxylation is 2. The lowest BCUT2D eigenvalue weighted by Gasteiger charge is -2.49. The molecule has 2 aromatic heterocycles. The van der Waals surface area contributed by atoms with Gasteiger partial charge >= 0.3 is 0 Å². The third kappa shape index (κ3) is 5.84. The Hall–Kier alpha value is -6.07. The largest absolute Gasteiger partial charge is 0.458 e. The van der Waals surface area contributed by atoms with E-state index in [1.165, 1.54) is 66.8 Å². The molecule has 3 aliphatic rings. The first-order valence-corrected chi connectivity index (χ1v) is 22.8. The standard InChI is InChI=1S/C58H58BN2O2/c1-33-17-21-40-39-22-18-34(27-49(39)63-54(40)51(33)46-16-14-15-25-60(46)13)35-26-47-52-50(28-35)62-48-24-20-37(56(5,6)7)31-43(48)59(52)44-32-38(57(8,9)10)30-42-53(44)61(47)45-23-19-36(55(2,3)4)29-41(45)58(42,11)12/h14-32H,1-13H3/q+1. The van der Waals surface area contributed by atoms with Gasteiger partial charge in [0.2, 0.25) is 5.69 Å². The molecule has 8 aromatic rings. The van der Waals surface area contributed by atoms with Crippen LogP contribution in [0.2, 0.25) is 0 Å². The summed E-state index contributed by atoms with van der Waals surface area (Å²) < 4.78 is 16.3. The van der Waals surface area contributed by atoms with Crippen LogP contribution in [0.1, 0.15) is 110 Å². The molecular formula is C58H58BN2O2+. The fourth-order valence-electron chi connectivity index (χ4n) is 10.7. The first-order chi connectivity index (χ1) is 29.7. The van der Waals surface area contributed by atoms with Gasteiger partial charge in [0, 0.05) is 39.7 Å². The van der Waals surface area contributed by atoms with Gasteiger partial charge in [0.15, 0.2) is 6.20 Å². The molecule has 0 spiro atoms. The zero-order valence-corrected chi connectivity index (χ0v) is 39.3. The first-order valence-electron chi connectivity index (χ1n) is 22.8. The Kier molecular flexibility index (Phi) is 8.21. The lowest BCUT2D eigenvalue weighted by Crippen LogP contribution is -2.61. The summed E-state index contributed by atoms with van der Waals surface area (Å²) in [5.74, 6) is 1.84. The molecule has 5 heterocycles. The van der Waals surface area contributed by atoms with Crippen molar-refractivity contribution >= 4 is 62.1 Å². The van der Waals surface area contributed by atoms with Gasteiger partial charge in [-0.15, -0.1) is 0 Å². The van der Waals surface area contributed by atoms with Gasteiger partial charge < -0.3 is 14.1 Å². The summed E-state index contributed by atoms with van der Waals surface area (Å²) in [7, 11) is 2.10. The van der Waals surface area contributed by atoms with Crippen LogP contribution in [0.3, 0.4) is 0 Å². The zero-order valence-electron chi connectivity index (χ0n) is 39.3. The molecule has 11 rings (SSSR count). The summed E-state index contributed by atoms with van der Waals surface area (Å²) in [6.07, 6.45) is 2.10. The van der Waals surface area contributed by atoms with Crippen LogP contribution in [0.25, 0.3) is 44.3 Å². The maximum Gasteiger partial charge on any atom is 0.256 e. The average molecular weight is 826 g/mol. The molecule has 4 nitrogen and oxygen atoms in total. The van der Waals surface area contributed by atoms with Gasteiger partial charge in [0.05, 0.1) is 11.3 Å². The van der Waals surface area contributed by atoms with Crippen molar-refractivity contribution in [1.29, 1.82) is 0 Å². The number of rotatable bonds is 2. The second-order valence-corrected chi connectivity index (χ2v) is 22.2. The Balaban J connectivity index is 1.20. The van der Waals surface area contributed by atoms with Gasteiger partial charge in [-0.25, -0.2) is 4.57 Å². The van der Waals surface area contributed by atoms with E-state index in [4.69, 9.17) is 9.15 Å². The molecule has 0 atom stereocenters. The Bertz CT molecular complexity index is 3270. The van der Waals surface area contributed by atoms with E-state index in [1.807, 2.05) is 0 Å². The molecule has 0 N–H and O–H groups in total. The van der Waals surface area contributed by atoms with E-state index in [2.05, 4.69) is 215 Å². The molecule has 0 amide bonds. The number of furan rings is 1. The highest BCUT2D eigenvalue weighted by Crippen LogP contribution is 2.55. The van der Waals surface area contributed by atoms with Gasteiger partial charge in [0.1, 0.15) is 29.7 Å². The average Bonchev–Trinajstić information content (AvgIpc) is 3.59. The molecule has 3 aliphatic heterocycles. The molecule has 0 fully saturated rings. The Morgan fingerprint density at radius 2 is 1.29 bits per heavy atom. The van der Waals surface area contributed by atoms with Crippen molar-refractivity contribution in [3.63, 3.8) is 0 Å². The zero-order chi connectivity index (χ0) is 44.3. The monoisotopic (exact) mass is 825 g/mol. The normalized spacial score (nSPS) is 14.9. The number of hydrogen-bond donors (Lipinski definition) is 0. The van der Waals surface area contributed by atoms with E-state index in [-0.39, 0.29) is 28.4 Å². The van der Waals surface area contributed by atoms with Crippen LogP contribution in [0.4, 0.5) is 17.1 Å². The molecule has 5 heteroatoms. The predicted octanol–water partition coefficient (Wildman–Crippen LogP) is 13.0. The van der Waals surface area contributed by atoms with Crippen molar-refractivity contribution in [2.75, 3.05) is 4.90 Å². The maximum atomic E-state index is 7.17. The van der Waals surface area contributed by atoms with E-state index in [9.17, 15) is 0 Å². The van der Waals surface area contributed by atoms with Crippen molar-refractivity contribution in [3.05, 3.63) is 149 Å². The van der Waals surface area contributed by atoms with Gasteiger partial charge in [-0.05, 0) is 127 Å². The summed E-state index contributed by atoms with van der Waals surface area (Å²) >= 11 is 0. The van der Waals surface area contributed by atoms with Gasteiger partial charge in [0.25, 0.3) is 6.71 Å². The second kappa shape index (κ2) is 13.0. The van der Waals surface area contributed by atoms with Gasteiger partial charge in [-0.3, -0.25) is 0 Å². The lowest BCUT2D eigenvalue weighted by molar-refractivity contribution is -0.660. The summed E-state index contributed by atoms with van der Waals surface area (Å²) in [5, 5.41) is 2.24. The highest BCUT2D eigenvalue weighted by molar-refractivity contribution is 6.99. The van der Waals surface area contributed by atoms with Crippen molar-refractivity contribution in [1.82, 2.24) is 0 Å². The van der Waals surface area contributed by atoms with Crippen molar-refractivity contribution in [2.24, 2.45) is 7.05 Å². The van der Waals surface area contributed by atoms with Crippen LogP contribution in [-0.4, -0.2) is 6.71 Å². The smallest absolute Gasteiger partial charge is 0.256 e. The number of hydrogen-bond acceptors (Lipinski definition) is 3. The van der Waals surface area contributed by atoms with Gasteiger partial charge in [-0.1, -0.05) is 131 Å². The highest BCUT2D eigenvalue weighted by atomic mass is 16.5. The Morgan fingerprint density at radius 1 is 0.603 bits per heavy atom. The van der Waals surface area contributed by atoms with Crippen molar-refractivity contribution < 1.29 is 13.7 Å². The quantitative estimate of drug-likeness (QED) is 0.128. The minimum absolute atomic E-state index is 0.00567. The third-order valence-corrected chi connectivity index (χ3v) is 14.5. The van der Waals surface area contributed by atoms with Crippen LogP contribution in [0.5, 0.6) is 11.5 Å². The third-order valence-electron chi connectivity index (χ3n) is 14.5. The minimum Gasteiger partial charge on any atom is -0.458 e. The van der Waals surface area contributed by atoms with E-state index in [1.54, 1.807) is 0 Å². The molecule has 314 valence electrons. The van der Waals surface area contributed by atoms with Crippen LogP contribution >= 0.6 is 0 Å². The molecule has 0 unspecified atom stereocenters. The van der Waals surface area contributed by atoms with Gasteiger partial charge in [-0.2, -0.15) is 0 Å². The SMILES string of the molecule is Cc1ccc2c(oc3cc(-c4cc5c6c(c4)N4c7ccc(C(C)(C)C)cc7C(C)(C)c7cc(C(C)(C)C)cc(c74)B6c4cc(C(C)(C)C)ccc4O5)ccc32)c1-c1cccc[n+]1C. The van der Waals surface area contributed by atoms with Crippen molar-refractivity contribution in [2.45, 2.75) is 105 Å². The molecule has 0 saturated heterocycles. The summed E-state index contributed by atoms with van der Waals surface area (Å²) in [6, 6.07) is 41.4. The lowest BCUT2D eigenvalue weighted by atomic mass is 9.33. The number of pyridine rings is 1. The molecule has 6 aromatic carbocycles. The van der Waals surface area contributed by atoms with E-state index in [0.29, 0.717) is 0 Å². The van der Waals surface area contributed by atoms with E-state index in [0.717, 1.165) is 55.8 Å². The van der Waals surface area contributed by atoms with Crippen LogP contribution in [0.15, 0.2) is 120 Å². The Morgan fingerprint density at radius 3 is 2.02 bits per heavy atom. The number of anilines is 3.